The van der Waals surface area contributed by atoms with E-state index in [1.165, 1.54) is 0 Å². The molecule has 1 aromatic rings. The van der Waals surface area contributed by atoms with Crippen LogP contribution in [0.1, 0.15) is 39.2 Å². The lowest BCUT2D eigenvalue weighted by Gasteiger charge is -2.38. The molecule has 1 saturated carbocycles. The highest BCUT2D eigenvalue weighted by molar-refractivity contribution is 7.86. The van der Waals surface area contributed by atoms with Crippen LogP contribution in [-0.4, -0.2) is 26.4 Å². The normalized spacial score (nSPS) is 26.7. The summed E-state index contributed by atoms with van der Waals surface area (Å²) in [6.45, 7) is 13.9. The summed E-state index contributed by atoms with van der Waals surface area (Å²) in [6.07, 6.45) is 1.52. The van der Waals surface area contributed by atoms with Crippen molar-refractivity contribution in [3.63, 3.8) is 0 Å². The number of hydrogen-bond acceptors (Lipinski definition) is 2. The van der Waals surface area contributed by atoms with Crippen molar-refractivity contribution in [1.29, 1.82) is 0 Å². The maximum atomic E-state index is 12.2. The summed E-state index contributed by atoms with van der Waals surface area (Å²) in [6, 6.07) is 10.0. The quantitative estimate of drug-likeness (QED) is 0.779. The molecule has 0 saturated heterocycles. The van der Waals surface area contributed by atoms with Crippen molar-refractivity contribution < 1.29 is 8.95 Å². The Hall–Kier alpha value is -1.18. The summed E-state index contributed by atoms with van der Waals surface area (Å²) in [5.74, 6) is 0.463. The Balaban J connectivity index is 1.83. The standard InChI is InChI=1S/C17H23NO2S/c1-16(2,3)21(19)13-17(18-4)10-15(11-17)20-12-14-8-6-5-7-9-14/h5-9,15H,10-13H2,1-3H3. The molecule has 1 aliphatic carbocycles. The Morgan fingerprint density at radius 1 is 1.33 bits per heavy atom. The number of benzene rings is 1. The van der Waals surface area contributed by atoms with E-state index in [4.69, 9.17) is 11.3 Å². The lowest BCUT2D eigenvalue weighted by Crippen LogP contribution is -2.51. The van der Waals surface area contributed by atoms with E-state index in [2.05, 4.69) is 4.85 Å². The van der Waals surface area contributed by atoms with Crippen molar-refractivity contribution in [2.24, 2.45) is 0 Å². The Kier molecular flexibility index (Phi) is 4.85. The molecule has 2 rings (SSSR count). The molecule has 0 aliphatic heterocycles. The van der Waals surface area contributed by atoms with E-state index in [-0.39, 0.29) is 10.9 Å². The second kappa shape index (κ2) is 6.29. The van der Waals surface area contributed by atoms with Gasteiger partial charge in [0.2, 0.25) is 5.54 Å². The van der Waals surface area contributed by atoms with Crippen LogP contribution in [0.15, 0.2) is 30.3 Å². The zero-order valence-corrected chi connectivity index (χ0v) is 13.8. The Morgan fingerprint density at radius 3 is 2.48 bits per heavy atom. The molecule has 0 spiro atoms. The molecule has 21 heavy (non-hydrogen) atoms. The summed E-state index contributed by atoms with van der Waals surface area (Å²) >= 11 is 0. The summed E-state index contributed by atoms with van der Waals surface area (Å²) in [4.78, 5) is 3.76. The van der Waals surface area contributed by atoms with E-state index in [0.29, 0.717) is 25.2 Å². The fourth-order valence-corrected chi connectivity index (χ4v) is 3.62. The van der Waals surface area contributed by atoms with E-state index >= 15 is 0 Å². The highest BCUT2D eigenvalue weighted by Crippen LogP contribution is 2.40. The van der Waals surface area contributed by atoms with Gasteiger partial charge in [-0.05, 0) is 26.3 Å². The van der Waals surface area contributed by atoms with E-state index in [1.807, 2.05) is 51.1 Å². The molecule has 1 aromatic carbocycles. The Bertz CT molecular complexity index is 536. The Morgan fingerprint density at radius 2 is 1.95 bits per heavy atom. The largest absolute Gasteiger partial charge is 0.373 e. The minimum atomic E-state index is -0.979. The van der Waals surface area contributed by atoms with Crippen LogP contribution < -0.4 is 0 Å². The molecular weight excluding hydrogens is 282 g/mol. The zero-order valence-electron chi connectivity index (χ0n) is 13.0. The van der Waals surface area contributed by atoms with Gasteiger partial charge in [0.1, 0.15) is 5.75 Å². The average molecular weight is 305 g/mol. The van der Waals surface area contributed by atoms with E-state index < -0.39 is 16.3 Å². The van der Waals surface area contributed by atoms with Crippen LogP contribution in [0.3, 0.4) is 0 Å². The van der Waals surface area contributed by atoms with Crippen LogP contribution in [0.4, 0.5) is 0 Å². The van der Waals surface area contributed by atoms with Crippen molar-refractivity contribution in [2.75, 3.05) is 5.75 Å². The Labute approximate surface area is 130 Å². The molecule has 3 nitrogen and oxygen atoms in total. The first-order valence-corrected chi connectivity index (χ1v) is 8.59. The highest BCUT2D eigenvalue weighted by atomic mass is 32.2. The molecule has 0 radical (unpaired) electrons. The average Bonchev–Trinajstić information content (AvgIpc) is 2.41. The predicted octanol–water partition coefficient (Wildman–Crippen LogP) is 3.57. The molecule has 114 valence electrons. The van der Waals surface area contributed by atoms with Gasteiger partial charge in [0.25, 0.3) is 0 Å². The van der Waals surface area contributed by atoms with Crippen molar-refractivity contribution in [1.82, 2.24) is 0 Å². The van der Waals surface area contributed by atoms with E-state index in [1.54, 1.807) is 0 Å². The fraction of sp³-hybridized carbons (Fsp3) is 0.588. The summed E-state index contributed by atoms with van der Waals surface area (Å²) in [5, 5.41) is 0. The number of rotatable bonds is 5. The second-order valence-corrected chi connectivity index (χ2v) is 8.97. The molecule has 1 fully saturated rings. The molecular formula is C17H23NO2S. The van der Waals surface area contributed by atoms with Crippen molar-refractivity contribution >= 4 is 10.8 Å². The molecule has 1 aliphatic rings. The van der Waals surface area contributed by atoms with Gasteiger partial charge in [-0.25, -0.2) is 6.57 Å². The van der Waals surface area contributed by atoms with Gasteiger partial charge in [0.15, 0.2) is 0 Å². The van der Waals surface area contributed by atoms with E-state index in [9.17, 15) is 4.21 Å². The molecule has 0 heterocycles. The second-order valence-electron chi connectivity index (χ2n) is 6.77. The summed E-state index contributed by atoms with van der Waals surface area (Å²) in [7, 11) is -0.979. The van der Waals surface area contributed by atoms with Crippen molar-refractivity contribution in [2.45, 2.75) is 56.6 Å². The smallest absolute Gasteiger partial charge is 0.249 e. The van der Waals surface area contributed by atoms with Gasteiger partial charge < -0.3 is 9.58 Å². The molecule has 1 unspecified atom stereocenters. The van der Waals surface area contributed by atoms with Gasteiger partial charge in [-0.1, -0.05) is 30.3 Å². The van der Waals surface area contributed by atoms with E-state index in [0.717, 1.165) is 5.56 Å². The third-order valence-electron chi connectivity index (χ3n) is 3.86. The molecule has 4 heteroatoms. The van der Waals surface area contributed by atoms with Crippen LogP contribution >= 0.6 is 0 Å². The predicted molar refractivity (Wildman–Crippen MR) is 86.3 cm³/mol. The molecule has 0 amide bonds. The van der Waals surface area contributed by atoms with Crippen LogP contribution in [0.25, 0.3) is 4.85 Å². The molecule has 0 N–H and O–H groups in total. The van der Waals surface area contributed by atoms with Crippen LogP contribution in [0.5, 0.6) is 0 Å². The minimum Gasteiger partial charge on any atom is -0.373 e. The molecule has 0 aromatic heterocycles. The minimum absolute atomic E-state index is 0.122. The first kappa shape index (κ1) is 16.2. The van der Waals surface area contributed by atoms with Crippen LogP contribution in [0.2, 0.25) is 0 Å². The molecule has 1 atom stereocenters. The van der Waals surface area contributed by atoms with Gasteiger partial charge in [0.05, 0.1) is 25.6 Å². The SMILES string of the molecule is [C-]#[N+]C1(CS(=O)C(C)(C)C)CC(OCc2ccccc2)C1. The lowest BCUT2D eigenvalue weighted by atomic mass is 9.76. The van der Waals surface area contributed by atoms with Gasteiger partial charge in [-0.3, -0.25) is 4.21 Å². The molecule has 0 bridgehead atoms. The number of hydrogen-bond donors (Lipinski definition) is 0. The van der Waals surface area contributed by atoms with Crippen LogP contribution in [0, 0.1) is 6.57 Å². The highest BCUT2D eigenvalue weighted by Gasteiger charge is 2.53. The van der Waals surface area contributed by atoms with Gasteiger partial charge in [0, 0.05) is 15.5 Å². The maximum Gasteiger partial charge on any atom is 0.249 e. The zero-order chi connectivity index (χ0) is 15.5. The third kappa shape index (κ3) is 4.15. The first-order chi connectivity index (χ1) is 9.85. The lowest BCUT2D eigenvalue weighted by molar-refractivity contribution is -0.0345. The monoisotopic (exact) mass is 305 g/mol. The maximum absolute atomic E-state index is 12.2. The first-order valence-electron chi connectivity index (χ1n) is 7.27. The van der Waals surface area contributed by atoms with Crippen LogP contribution in [-0.2, 0) is 22.1 Å². The van der Waals surface area contributed by atoms with Crippen molar-refractivity contribution in [3.8, 4) is 0 Å². The topological polar surface area (TPSA) is 30.7 Å². The number of nitrogens with zero attached hydrogens (tertiary/aromatic N) is 1. The summed E-state index contributed by atoms with van der Waals surface area (Å²) in [5.41, 5.74) is 0.676. The fourth-order valence-electron chi connectivity index (χ4n) is 2.40. The van der Waals surface area contributed by atoms with Gasteiger partial charge in [-0.2, -0.15) is 0 Å². The number of ether oxygens (including phenoxy) is 1. The van der Waals surface area contributed by atoms with Gasteiger partial charge >= 0.3 is 0 Å². The third-order valence-corrected chi connectivity index (χ3v) is 6.03. The van der Waals surface area contributed by atoms with Gasteiger partial charge in [-0.15, -0.1) is 0 Å². The summed E-state index contributed by atoms with van der Waals surface area (Å²) < 4.78 is 17.8. The van der Waals surface area contributed by atoms with Crippen molar-refractivity contribution in [3.05, 3.63) is 47.3 Å².